The molecule has 1 aliphatic rings. The van der Waals surface area contributed by atoms with E-state index in [1.807, 2.05) is 37.3 Å². The van der Waals surface area contributed by atoms with Crippen molar-refractivity contribution in [2.75, 3.05) is 18.0 Å². The average Bonchev–Trinajstić information content (AvgIpc) is 2.90. The van der Waals surface area contributed by atoms with Crippen LogP contribution in [-0.2, 0) is 9.59 Å². The quantitative estimate of drug-likeness (QED) is 0.537. The van der Waals surface area contributed by atoms with Crippen LogP contribution in [0.15, 0.2) is 29.2 Å². The zero-order valence-corrected chi connectivity index (χ0v) is 17.1. The maximum absolute atomic E-state index is 12.5. The van der Waals surface area contributed by atoms with Crippen molar-refractivity contribution in [1.29, 1.82) is 0 Å². The highest BCUT2D eigenvalue weighted by Gasteiger charge is 2.33. The van der Waals surface area contributed by atoms with Crippen LogP contribution in [-0.4, -0.2) is 34.2 Å². The topological polar surface area (TPSA) is 52.7 Å². The molecule has 0 spiro atoms. The molecular formula is C19H25N3O2S2. The highest BCUT2D eigenvalue weighted by molar-refractivity contribution is 8.26. The van der Waals surface area contributed by atoms with Crippen LogP contribution in [0.5, 0.6) is 0 Å². The second-order valence-electron chi connectivity index (χ2n) is 5.92. The molecule has 140 valence electrons. The van der Waals surface area contributed by atoms with Crippen molar-refractivity contribution in [3.63, 3.8) is 0 Å². The molecular weight excluding hydrogens is 366 g/mol. The van der Waals surface area contributed by atoms with Gasteiger partial charge in [0.25, 0.3) is 5.91 Å². The monoisotopic (exact) mass is 391 g/mol. The van der Waals surface area contributed by atoms with Gasteiger partial charge in [0.05, 0.1) is 4.91 Å². The zero-order chi connectivity index (χ0) is 19.1. The SMILES string of the molecule is CCCCC(=O)NN1C(=O)/C(=C\c2ccc(N(CC)CC)cc2)SC1=S. The third kappa shape index (κ3) is 5.08. The number of nitrogens with one attached hydrogen (secondary N) is 1. The third-order valence-electron chi connectivity index (χ3n) is 4.11. The summed E-state index contributed by atoms with van der Waals surface area (Å²) in [6.07, 6.45) is 3.91. The molecule has 0 aromatic heterocycles. The molecule has 7 heteroatoms. The van der Waals surface area contributed by atoms with Crippen molar-refractivity contribution < 1.29 is 9.59 Å². The molecule has 0 saturated carbocycles. The summed E-state index contributed by atoms with van der Waals surface area (Å²) in [6, 6.07) is 8.07. The number of nitrogens with zero attached hydrogens (tertiary/aromatic N) is 2. The molecule has 26 heavy (non-hydrogen) atoms. The second-order valence-corrected chi connectivity index (χ2v) is 7.60. The molecule has 2 amide bonds. The van der Waals surface area contributed by atoms with Gasteiger partial charge in [-0.3, -0.25) is 15.0 Å². The van der Waals surface area contributed by atoms with Crippen molar-refractivity contribution in [3.05, 3.63) is 34.7 Å². The van der Waals surface area contributed by atoms with Crippen LogP contribution in [0.1, 0.15) is 45.6 Å². The van der Waals surface area contributed by atoms with Gasteiger partial charge in [-0.15, -0.1) is 0 Å². The minimum Gasteiger partial charge on any atom is -0.372 e. The van der Waals surface area contributed by atoms with Gasteiger partial charge in [-0.25, -0.2) is 0 Å². The van der Waals surface area contributed by atoms with E-state index in [0.29, 0.717) is 15.6 Å². The molecule has 0 aliphatic carbocycles. The second kappa shape index (κ2) is 9.73. The zero-order valence-electron chi connectivity index (χ0n) is 15.4. The average molecular weight is 392 g/mol. The fourth-order valence-corrected chi connectivity index (χ4v) is 3.78. The number of rotatable bonds is 8. The first-order chi connectivity index (χ1) is 12.5. The smallest absolute Gasteiger partial charge is 0.285 e. The maximum atomic E-state index is 12.5. The van der Waals surface area contributed by atoms with Gasteiger partial charge in [-0.2, -0.15) is 5.01 Å². The van der Waals surface area contributed by atoms with Gasteiger partial charge in [0.15, 0.2) is 4.32 Å². The Morgan fingerprint density at radius 2 is 1.88 bits per heavy atom. The van der Waals surface area contributed by atoms with E-state index in [1.165, 1.54) is 16.8 Å². The summed E-state index contributed by atoms with van der Waals surface area (Å²) in [7, 11) is 0. The number of benzene rings is 1. The van der Waals surface area contributed by atoms with Crippen molar-refractivity contribution >= 4 is 51.9 Å². The summed E-state index contributed by atoms with van der Waals surface area (Å²) in [5.74, 6) is -0.467. The fraction of sp³-hybridized carbons (Fsp3) is 0.421. The predicted molar refractivity (Wildman–Crippen MR) is 113 cm³/mol. The Kier molecular flexibility index (Phi) is 7.66. The molecule has 0 bridgehead atoms. The van der Waals surface area contributed by atoms with E-state index in [4.69, 9.17) is 12.2 Å². The Morgan fingerprint density at radius 1 is 1.23 bits per heavy atom. The van der Waals surface area contributed by atoms with Gasteiger partial charge < -0.3 is 4.90 Å². The van der Waals surface area contributed by atoms with Gasteiger partial charge in [-0.05, 0) is 56.3 Å². The van der Waals surface area contributed by atoms with Gasteiger partial charge in [0.1, 0.15) is 0 Å². The third-order valence-corrected chi connectivity index (χ3v) is 5.41. The number of amides is 2. The standard InChI is InChI=1S/C19H25N3O2S2/c1-4-7-8-17(23)20-22-18(24)16(26-19(22)25)13-14-9-11-15(12-10-14)21(5-2)6-3/h9-13H,4-8H2,1-3H3,(H,20,23)/b16-13+. The van der Waals surface area contributed by atoms with Crippen LogP contribution in [0.2, 0.25) is 0 Å². The molecule has 1 aromatic rings. The Labute approximate surface area is 164 Å². The number of anilines is 1. The lowest BCUT2D eigenvalue weighted by molar-refractivity contribution is -0.133. The summed E-state index contributed by atoms with van der Waals surface area (Å²) in [5.41, 5.74) is 4.69. The Hall–Kier alpha value is -1.86. The summed E-state index contributed by atoms with van der Waals surface area (Å²) >= 11 is 6.44. The minimum absolute atomic E-state index is 0.187. The van der Waals surface area contributed by atoms with Crippen molar-refractivity contribution in [3.8, 4) is 0 Å². The number of hydrogen-bond donors (Lipinski definition) is 1. The number of carbonyl (C=O) groups excluding carboxylic acids is 2. The highest BCUT2D eigenvalue weighted by atomic mass is 32.2. The highest BCUT2D eigenvalue weighted by Crippen LogP contribution is 2.31. The van der Waals surface area contributed by atoms with E-state index < -0.39 is 0 Å². The summed E-state index contributed by atoms with van der Waals surface area (Å²) in [4.78, 5) is 27.2. The van der Waals surface area contributed by atoms with E-state index in [2.05, 4.69) is 24.2 Å². The van der Waals surface area contributed by atoms with Gasteiger partial charge in [0, 0.05) is 25.2 Å². The van der Waals surface area contributed by atoms with Crippen LogP contribution in [0.25, 0.3) is 6.08 Å². The molecule has 0 unspecified atom stereocenters. The van der Waals surface area contributed by atoms with E-state index >= 15 is 0 Å². The number of unbranched alkanes of at least 4 members (excludes halogenated alkanes) is 1. The van der Waals surface area contributed by atoms with Crippen LogP contribution < -0.4 is 10.3 Å². The molecule has 1 heterocycles. The molecule has 2 rings (SSSR count). The van der Waals surface area contributed by atoms with Gasteiger partial charge in [-0.1, -0.05) is 37.2 Å². The van der Waals surface area contributed by atoms with E-state index in [0.717, 1.165) is 37.2 Å². The largest absolute Gasteiger partial charge is 0.372 e. The van der Waals surface area contributed by atoms with Crippen molar-refractivity contribution in [1.82, 2.24) is 10.4 Å². The van der Waals surface area contributed by atoms with E-state index in [1.54, 1.807) is 0 Å². The molecule has 0 atom stereocenters. The van der Waals surface area contributed by atoms with Gasteiger partial charge in [0.2, 0.25) is 5.91 Å². The minimum atomic E-state index is -0.280. The molecule has 1 fully saturated rings. The van der Waals surface area contributed by atoms with Crippen LogP contribution >= 0.6 is 24.0 Å². The first kappa shape index (κ1) is 20.5. The molecule has 1 aromatic carbocycles. The lowest BCUT2D eigenvalue weighted by Gasteiger charge is -2.20. The Morgan fingerprint density at radius 3 is 2.46 bits per heavy atom. The van der Waals surface area contributed by atoms with Crippen LogP contribution in [0.3, 0.4) is 0 Å². The van der Waals surface area contributed by atoms with E-state index in [-0.39, 0.29) is 11.8 Å². The number of thiocarbonyl (C=S) groups is 1. The lowest BCUT2D eigenvalue weighted by Crippen LogP contribution is -2.44. The fourth-order valence-electron chi connectivity index (χ4n) is 2.60. The van der Waals surface area contributed by atoms with Crippen molar-refractivity contribution in [2.45, 2.75) is 40.0 Å². The van der Waals surface area contributed by atoms with Crippen LogP contribution in [0.4, 0.5) is 5.69 Å². The van der Waals surface area contributed by atoms with E-state index in [9.17, 15) is 9.59 Å². The number of carbonyl (C=O) groups is 2. The summed E-state index contributed by atoms with van der Waals surface area (Å²) in [5, 5.41) is 1.17. The predicted octanol–water partition coefficient (Wildman–Crippen LogP) is 3.96. The number of hydrogen-bond acceptors (Lipinski definition) is 5. The maximum Gasteiger partial charge on any atom is 0.285 e. The first-order valence-electron chi connectivity index (χ1n) is 8.92. The molecule has 5 nitrogen and oxygen atoms in total. The summed E-state index contributed by atoms with van der Waals surface area (Å²) < 4.78 is 0.353. The van der Waals surface area contributed by atoms with Crippen LogP contribution in [0, 0.1) is 0 Å². The molecule has 1 saturated heterocycles. The number of thioether (sulfide) groups is 1. The summed E-state index contributed by atoms with van der Waals surface area (Å²) in [6.45, 7) is 8.16. The Bertz CT molecular complexity index is 697. The molecule has 1 aliphatic heterocycles. The van der Waals surface area contributed by atoms with Gasteiger partial charge >= 0.3 is 0 Å². The molecule has 1 N–H and O–H groups in total. The lowest BCUT2D eigenvalue weighted by atomic mass is 10.1. The number of hydrazine groups is 1. The first-order valence-corrected chi connectivity index (χ1v) is 10.1. The van der Waals surface area contributed by atoms with Crippen molar-refractivity contribution in [2.24, 2.45) is 0 Å². The Balaban J connectivity index is 2.08. The molecule has 0 radical (unpaired) electrons. The normalized spacial score (nSPS) is 15.7.